The molecule has 3 heterocycles. The fraction of sp³-hybridized carbons (Fsp3) is 0.438. The molecule has 0 aromatic carbocycles. The van der Waals surface area contributed by atoms with Gasteiger partial charge in [-0.1, -0.05) is 6.92 Å². The zero-order valence-electron chi connectivity index (χ0n) is 12.7. The maximum Gasteiger partial charge on any atom is 0.253 e. The van der Waals surface area contributed by atoms with E-state index >= 15 is 0 Å². The lowest BCUT2D eigenvalue weighted by molar-refractivity contribution is 0.0696. The molecule has 6 heteroatoms. The van der Waals surface area contributed by atoms with E-state index in [2.05, 4.69) is 22.2 Å². The number of nitrogens with zero attached hydrogens (tertiary/aromatic N) is 3. The third-order valence-electron chi connectivity index (χ3n) is 3.85. The van der Waals surface area contributed by atoms with E-state index in [-0.39, 0.29) is 11.9 Å². The highest BCUT2D eigenvalue weighted by Crippen LogP contribution is 2.11. The van der Waals surface area contributed by atoms with Gasteiger partial charge in [-0.2, -0.15) is 0 Å². The fourth-order valence-corrected chi connectivity index (χ4v) is 2.58. The molecule has 3 rings (SSSR count). The fourth-order valence-electron chi connectivity index (χ4n) is 2.58. The Morgan fingerprint density at radius 1 is 1.36 bits per heavy atom. The molecule has 1 N–H and O–H groups in total. The van der Waals surface area contributed by atoms with Crippen LogP contribution in [0.15, 0.2) is 30.7 Å². The zero-order valence-corrected chi connectivity index (χ0v) is 12.7. The van der Waals surface area contributed by atoms with E-state index in [1.54, 1.807) is 18.5 Å². The lowest BCUT2D eigenvalue weighted by atomic mass is 10.1. The Morgan fingerprint density at radius 2 is 2.18 bits per heavy atom. The molecule has 6 nitrogen and oxygen atoms in total. The van der Waals surface area contributed by atoms with E-state index < -0.39 is 0 Å². The smallest absolute Gasteiger partial charge is 0.253 e. The molecule has 1 aliphatic rings. The highest BCUT2D eigenvalue weighted by Gasteiger charge is 2.17. The van der Waals surface area contributed by atoms with Gasteiger partial charge in [0.1, 0.15) is 11.6 Å². The quantitative estimate of drug-likeness (QED) is 0.934. The van der Waals surface area contributed by atoms with Crippen LogP contribution in [-0.2, 0) is 11.2 Å². The van der Waals surface area contributed by atoms with Gasteiger partial charge in [0.2, 0.25) is 0 Å². The second kappa shape index (κ2) is 6.70. The molecule has 1 amide bonds. The van der Waals surface area contributed by atoms with Gasteiger partial charge in [0, 0.05) is 44.3 Å². The summed E-state index contributed by atoms with van der Waals surface area (Å²) in [6.07, 6.45) is 7.82. The van der Waals surface area contributed by atoms with E-state index in [4.69, 9.17) is 4.74 Å². The first-order valence-electron chi connectivity index (χ1n) is 7.65. The average Bonchev–Trinajstić information content (AvgIpc) is 3.04. The minimum atomic E-state index is -0.0766. The van der Waals surface area contributed by atoms with Crippen molar-refractivity contribution in [1.29, 1.82) is 0 Å². The van der Waals surface area contributed by atoms with Crippen molar-refractivity contribution in [2.75, 3.05) is 13.2 Å². The topological polar surface area (TPSA) is 69.0 Å². The lowest BCUT2D eigenvalue weighted by Crippen LogP contribution is -2.38. The Balaban J connectivity index is 1.69. The number of rotatable bonds is 4. The molecule has 1 saturated heterocycles. The van der Waals surface area contributed by atoms with Crippen molar-refractivity contribution in [3.63, 3.8) is 0 Å². The number of aryl methyl sites for hydroxylation is 1. The van der Waals surface area contributed by atoms with E-state index in [0.717, 1.165) is 30.9 Å². The zero-order chi connectivity index (χ0) is 15.4. The summed E-state index contributed by atoms with van der Waals surface area (Å²) in [4.78, 5) is 20.9. The van der Waals surface area contributed by atoms with Gasteiger partial charge in [-0.25, -0.2) is 9.97 Å². The number of ether oxygens (including phenoxy) is 1. The number of imidazole rings is 1. The maximum atomic E-state index is 12.2. The van der Waals surface area contributed by atoms with Crippen LogP contribution in [0.5, 0.6) is 0 Å². The number of carbonyl (C=O) groups is 1. The molecule has 1 aliphatic heterocycles. The van der Waals surface area contributed by atoms with Crippen molar-refractivity contribution in [2.24, 2.45) is 0 Å². The van der Waals surface area contributed by atoms with Gasteiger partial charge in [-0.3, -0.25) is 9.36 Å². The highest BCUT2D eigenvalue weighted by molar-refractivity contribution is 5.94. The Morgan fingerprint density at radius 3 is 2.86 bits per heavy atom. The molecule has 116 valence electrons. The summed E-state index contributed by atoms with van der Waals surface area (Å²) in [5.74, 6) is 1.65. The Hall–Kier alpha value is -2.21. The maximum absolute atomic E-state index is 12.2. The SMILES string of the molecule is CCc1nccn1-c1ccc(C(=O)NC2CCOCC2)cn1. The number of hydrogen-bond acceptors (Lipinski definition) is 4. The molecule has 22 heavy (non-hydrogen) atoms. The monoisotopic (exact) mass is 300 g/mol. The van der Waals surface area contributed by atoms with Crippen molar-refractivity contribution in [2.45, 2.75) is 32.2 Å². The molecule has 0 aliphatic carbocycles. The molecule has 0 atom stereocenters. The number of hydrogen-bond donors (Lipinski definition) is 1. The normalized spacial score (nSPS) is 15.7. The minimum Gasteiger partial charge on any atom is -0.381 e. The van der Waals surface area contributed by atoms with Crippen LogP contribution in [0.4, 0.5) is 0 Å². The summed E-state index contributed by atoms with van der Waals surface area (Å²) in [7, 11) is 0. The van der Waals surface area contributed by atoms with Gasteiger partial charge >= 0.3 is 0 Å². The summed E-state index contributed by atoms with van der Waals surface area (Å²) in [6.45, 7) is 3.47. The first kappa shape index (κ1) is 14.7. The van der Waals surface area contributed by atoms with Crippen molar-refractivity contribution >= 4 is 5.91 Å². The number of aromatic nitrogens is 3. The average molecular weight is 300 g/mol. The van der Waals surface area contributed by atoms with Crippen molar-refractivity contribution < 1.29 is 9.53 Å². The van der Waals surface area contributed by atoms with Gasteiger partial charge in [0.05, 0.1) is 5.56 Å². The summed E-state index contributed by atoms with van der Waals surface area (Å²) in [6, 6.07) is 3.84. The van der Waals surface area contributed by atoms with E-state index in [0.29, 0.717) is 18.8 Å². The molecule has 0 radical (unpaired) electrons. The van der Waals surface area contributed by atoms with Crippen molar-refractivity contribution in [1.82, 2.24) is 19.9 Å². The second-order valence-electron chi connectivity index (χ2n) is 5.33. The first-order chi connectivity index (χ1) is 10.8. The number of nitrogens with one attached hydrogen (secondary N) is 1. The van der Waals surface area contributed by atoms with Gasteiger partial charge < -0.3 is 10.1 Å². The summed E-state index contributed by atoms with van der Waals surface area (Å²) >= 11 is 0. The molecule has 1 fully saturated rings. The largest absolute Gasteiger partial charge is 0.381 e. The summed E-state index contributed by atoms with van der Waals surface area (Å²) < 4.78 is 7.22. The number of amides is 1. The van der Waals surface area contributed by atoms with Crippen molar-refractivity contribution in [3.8, 4) is 5.82 Å². The number of carbonyl (C=O) groups excluding carboxylic acids is 1. The standard InChI is InChI=1S/C16H20N4O2/c1-2-14-17-7-8-20(14)15-4-3-12(11-18-15)16(21)19-13-5-9-22-10-6-13/h3-4,7-8,11,13H,2,5-6,9-10H2,1H3,(H,19,21). The van der Waals surface area contributed by atoms with Crippen LogP contribution >= 0.6 is 0 Å². The predicted octanol–water partition coefficient (Wildman–Crippen LogP) is 1.74. The van der Waals surface area contributed by atoms with Crippen LogP contribution in [0, 0.1) is 0 Å². The Bertz CT molecular complexity index is 630. The van der Waals surface area contributed by atoms with Crippen LogP contribution in [0.1, 0.15) is 35.9 Å². The predicted molar refractivity (Wildman–Crippen MR) is 82.0 cm³/mol. The van der Waals surface area contributed by atoms with Crippen LogP contribution in [0.3, 0.4) is 0 Å². The molecule has 2 aromatic rings. The van der Waals surface area contributed by atoms with E-state index in [1.165, 1.54) is 0 Å². The molecule has 2 aromatic heterocycles. The van der Waals surface area contributed by atoms with E-state index in [1.807, 2.05) is 16.8 Å². The van der Waals surface area contributed by atoms with Crippen LogP contribution in [0.25, 0.3) is 5.82 Å². The van der Waals surface area contributed by atoms with E-state index in [9.17, 15) is 4.79 Å². The molecular formula is C16H20N4O2. The third kappa shape index (κ3) is 3.17. The third-order valence-corrected chi connectivity index (χ3v) is 3.85. The lowest BCUT2D eigenvalue weighted by Gasteiger charge is -2.23. The van der Waals surface area contributed by atoms with Gasteiger partial charge in [-0.15, -0.1) is 0 Å². The van der Waals surface area contributed by atoms with Gasteiger partial charge in [0.15, 0.2) is 0 Å². The van der Waals surface area contributed by atoms with Gasteiger partial charge in [-0.05, 0) is 25.0 Å². The molecule has 0 spiro atoms. The highest BCUT2D eigenvalue weighted by atomic mass is 16.5. The van der Waals surface area contributed by atoms with Gasteiger partial charge in [0.25, 0.3) is 5.91 Å². The van der Waals surface area contributed by atoms with Crippen LogP contribution < -0.4 is 5.32 Å². The Kier molecular flexibility index (Phi) is 4.48. The minimum absolute atomic E-state index is 0.0766. The summed E-state index contributed by atoms with van der Waals surface area (Å²) in [5, 5.41) is 3.03. The van der Waals surface area contributed by atoms with Crippen molar-refractivity contribution in [3.05, 3.63) is 42.1 Å². The second-order valence-corrected chi connectivity index (χ2v) is 5.33. The molecule has 0 unspecified atom stereocenters. The summed E-state index contributed by atoms with van der Waals surface area (Å²) in [5.41, 5.74) is 0.577. The molecule has 0 bridgehead atoms. The number of pyridine rings is 1. The Labute approximate surface area is 129 Å². The van der Waals surface area contributed by atoms with Crippen LogP contribution in [-0.4, -0.2) is 39.7 Å². The van der Waals surface area contributed by atoms with Crippen LogP contribution in [0.2, 0.25) is 0 Å². The molecular weight excluding hydrogens is 280 g/mol. The first-order valence-corrected chi connectivity index (χ1v) is 7.65. The molecule has 0 saturated carbocycles.